The Bertz CT molecular complexity index is 1060. The highest BCUT2D eigenvalue weighted by Gasteiger charge is 2.46. The Morgan fingerprint density at radius 2 is 1.86 bits per heavy atom. The number of benzene rings is 2. The van der Waals surface area contributed by atoms with E-state index in [4.69, 9.17) is 14.2 Å². The van der Waals surface area contributed by atoms with E-state index in [1.807, 2.05) is 48.5 Å². The SMILES string of the molecule is O=C(C[C@H]1C[C@H]2c3cc(NC(=O)C4CCOCC4)ccc3O[C@H]2[C@H](CO)O1)NCCc1ccccc1. The molecule has 0 bridgehead atoms. The Balaban J connectivity index is 1.20. The number of rotatable bonds is 8. The smallest absolute Gasteiger partial charge is 0.227 e. The number of carbonyl (C=O) groups excluding carboxylic acids is 2. The fourth-order valence-electron chi connectivity index (χ4n) is 5.44. The van der Waals surface area contributed by atoms with E-state index in [0.717, 1.165) is 36.3 Å². The quantitative estimate of drug-likeness (QED) is 0.521. The van der Waals surface area contributed by atoms with Crippen molar-refractivity contribution in [1.29, 1.82) is 0 Å². The van der Waals surface area contributed by atoms with Crippen LogP contribution in [0.25, 0.3) is 0 Å². The standard InChI is InChI=1S/C28H34N2O6/c31-17-25-27-23(15-21(35-25)16-26(32)29-11-8-18-4-2-1-3-5-18)22-14-20(6-7-24(22)36-27)30-28(33)19-9-12-34-13-10-19/h1-7,14,19,21,23,25,27,31H,8-13,15-17H2,(H,29,32)(H,30,33)/t21-,23+,25+,27-/m1/s1. The van der Waals surface area contributed by atoms with Crippen LogP contribution in [0.5, 0.6) is 5.75 Å². The van der Waals surface area contributed by atoms with E-state index in [1.54, 1.807) is 0 Å². The maximum absolute atomic E-state index is 12.7. The molecule has 2 fully saturated rings. The molecule has 0 aliphatic carbocycles. The van der Waals surface area contributed by atoms with Crippen LogP contribution in [0, 0.1) is 5.92 Å². The van der Waals surface area contributed by atoms with Crippen molar-refractivity contribution in [3.05, 3.63) is 59.7 Å². The first kappa shape index (κ1) is 24.7. The summed E-state index contributed by atoms with van der Waals surface area (Å²) in [6.07, 6.45) is 1.91. The van der Waals surface area contributed by atoms with Crippen molar-refractivity contribution in [1.82, 2.24) is 5.32 Å². The summed E-state index contributed by atoms with van der Waals surface area (Å²) in [6, 6.07) is 15.7. The van der Waals surface area contributed by atoms with Crippen LogP contribution in [0.3, 0.4) is 0 Å². The summed E-state index contributed by atoms with van der Waals surface area (Å²) in [5.41, 5.74) is 2.90. The fourth-order valence-corrected chi connectivity index (χ4v) is 5.44. The zero-order valence-corrected chi connectivity index (χ0v) is 20.4. The molecule has 2 amide bonds. The van der Waals surface area contributed by atoms with Crippen LogP contribution in [0.2, 0.25) is 0 Å². The molecule has 2 aromatic carbocycles. The summed E-state index contributed by atoms with van der Waals surface area (Å²) in [6.45, 7) is 1.61. The van der Waals surface area contributed by atoms with Gasteiger partial charge in [0, 0.05) is 42.8 Å². The predicted molar refractivity (Wildman–Crippen MR) is 134 cm³/mol. The Kier molecular flexibility index (Phi) is 7.84. The molecule has 8 nitrogen and oxygen atoms in total. The summed E-state index contributed by atoms with van der Waals surface area (Å²) in [5.74, 6) is 0.626. The van der Waals surface area contributed by atoms with E-state index < -0.39 is 6.10 Å². The number of hydrogen-bond donors (Lipinski definition) is 3. The summed E-state index contributed by atoms with van der Waals surface area (Å²) >= 11 is 0. The number of ether oxygens (including phenoxy) is 3. The van der Waals surface area contributed by atoms with Crippen LogP contribution < -0.4 is 15.4 Å². The summed E-state index contributed by atoms with van der Waals surface area (Å²) in [5, 5.41) is 16.0. The van der Waals surface area contributed by atoms with E-state index in [-0.39, 0.29) is 48.9 Å². The lowest BCUT2D eigenvalue weighted by Crippen LogP contribution is -2.47. The molecular formula is C28H34N2O6. The second-order valence-electron chi connectivity index (χ2n) is 9.82. The topological polar surface area (TPSA) is 106 Å². The zero-order chi connectivity index (χ0) is 24.9. The van der Waals surface area contributed by atoms with Gasteiger partial charge in [0.1, 0.15) is 18.0 Å². The first-order valence-corrected chi connectivity index (χ1v) is 12.9. The molecule has 192 valence electrons. The van der Waals surface area contributed by atoms with Gasteiger partial charge in [0.05, 0.1) is 19.1 Å². The number of anilines is 1. The summed E-state index contributed by atoms with van der Waals surface area (Å²) in [7, 11) is 0. The molecule has 0 spiro atoms. The molecule has 2 aromatic rings. The van der Waals surface area contributed by atoms with E-state index in [0.29, 0.717) is 26.2 Å². The molecular weight excluding hydrogens is 460 g/mol. The lowest BCUT2D eigenvalue weighted by Gasteiger charge is -2.37. The van der Waals surface area contributed by atoms with Crippen molar-refractivity contribution in [2.75, 3.05) is 31.7 Å². The number of aliphatic hydroxyl groups excluding tert-OH is 1. The summed E-state index contributed by atoms with van der Waals surface area (Å²) < 4.78 is 17.6. The van der Waals surface area contributed by atoms with Gasteiger partial charge in [0.25, 0.3) is 0 Å². The second-order valence-corrected chi connectivity index (χ2v) is 9.82. The van der Waals surface area contributed by atoms with Gasteiger partial charge in [-0.2, -0.15) is 0 Å². The highest BCUT2D eigenvalue weighted by Crippen LogP contribution is 2.47. The van der Waals surface area contributed by atoms with E-state index in [9.17, 15) is 14.7 Å². The van der Waals surface area contributed by atoms with E-state index in [2.05, 4.69) is 10.6 Å². The van der Waals surface area contributed by atoms with Crippen molar-refractivity contribution in [2.45, 2.75) is 56.3 Å². The van der Waals surface area contributed by atoms with Gasteiger partial charge in [-0.05, 0) is 49.4 Å². The normalized spacial score (nSPS) is 25.4. The minimum Gasteiger partial charge on any atom is -0.487 e. The number of aliphatic hydroxyl groups is 1. The van der Waals surface area contributed by atoms with Gasteiger partial charge in [-0.3, -0.25) is 9.59 Å². The third-order valence-electron chi connectivity index (χ3n) is 7.35. The zero-order valence-electron chi connectivity index (χ0n) is 20.4. The molecule has 3 aliphatic rings. The van der Waals surface area contributed by atoms with E-state index in [1.165, 1.54) is 5.56 Å². The second kappa shape index (κ2) is 11.4. The Labute approximate surface area is 211 Å². The average Bonchev–Trinajstić information content (AvgIpc) is 3.27. The Morgan fingerprint density at radius 1 is 1.06 bits per heavy atom. The maximum atomic E-state index is 12.7. The van der Waals surface area contributed by atoms with Crippen LogP contribution >= 0.6 is 0 Å². The Morgan fingerprint density at radius 3 is 2.64 bits per heavy atom. The monoisotopic (exact) mass is 494 g/mol. The number of nitrogens with one attached hydrogen (secondary N) is 2. The third kappa shape index (κ3) is 5.72. The lowest BCUT2D eigenvalue weighted by atomic mass is 9.84. The van der Waals surface area contributed by atoms with Gasteiger partial charge in [-0.25, -0.2) is 0 Å². The van der Waals surface area contributed by atoms with Crippen molar-refractivity contribution < 1.29 is 28.9 Å². The van der Waals surface area contributed by atoms with Gasteiger partial charge in [-0.1, -0.05) is 30.3 Å². The van der Waals surface area contributed by atoms with Gasteiger partial charge in [-0.15, -0.1) is 0 Å². The molecule has 8 heteroatoms. The number of fused-ring (bicyclic) bond motifs is 3. The van der Waals surface area contributed by atoms with E-state index >= 15 is 0 Å². The molecule has 5 rings (SSSR count). The van der Waals surface area contributed by atoms with Crippen molar-refractivity contribution in [2.24, 2.45) is 5.92 Å². The minimum atomic E-state index is -0.515. The van der Waals surface area contributed by atoms with Crippen LogP contribution in [0.15, 0.2) is 48.5 Å². The lowest BCUT2D eigenvalue weighted by molar-refractivity contribution is -0.142. The molecule has 0 aromatic heterocycles. The highest BCUT2D eigenvalue weighted by atomic mass is 16.6. The van der Waals surface area contributed by atoms with Gasteiger partial charge in [0.2, 0.25) is 11.8 Å². The van der Waals surface area contributed by atoms with Crippen molar-refractivity contribution >= 4 is 17.5 Å². The van der Waals surface area contributed by atoms with Crippen molar-refractivity contribution in [3.8, 4) is 5.75 Å². The molecule has 3 aliphatic heterocycles. The van der Waals surface area contributed by atoms with Gasteiger partial charge >= 0.3 is 0 Å². The molecule has 2 saturated heterocycles. The number of carbonyl (C=O) groups is 2. The Hall–Kier alpha value is -2.94. The molecule has 0 unspecified atom stereocenters. The molecule has 36 heavy (non-hydrogen) atoms. The largest absolute Gasteiger partial charge is 0.487 e. The highest BCUT2D eigenvalue weighted by molar-refractivity contribution is 5.92. The first-order valence-electron chi connectivity index (χ1n) is 12.9. The molecule has 3 heterocycles. The van der Waals surface area contributed by atoms with Gasteiger partial charge < -0.3 is 30.0 Å². The van der Waals surface area contributed by atoms with Crippen LogP contribution in [0.1, 0.15) is 42.7 Å². The molecule has 0 saturated carbocycles. The average molecular weight is 495 g/mol. The third-order valence-corrected chi connectivity index (χ3v) is 7.35. The molecule has 4 atom stereocenters. The maximum Gasteiger partial charge on any atom is 0.227 e. The van der Waals surface area contributed by atoms with Crippen molar-refractivity contribution in [3.63, 3.8) is 0 Å². The molecule has 0 radical (unpaired) electrons. The minimum absolute atomic E-state index is 0.0129. The summed E-state index contributed by atoms with van der Waals surface area (Å²) in [4.78, 5) is 25.3. The number of amides is 2. The van der Waals surface area contributed by atoms with Crippen LogP contribution in [-0.4, -0.2) is 61.6 Å². The van der Waals surface area contributed by atoms with Gasteiger partial charge in [0.15, 0.2) is 0 Å². The first-order chi connectivity index (χ1) is 17.6. The molecule has 3 N–H and O–H groups in total. The van der Waals surface area contributed by atoms with Crippen LogP contribution in [-0.2, 0) is 25.5 Å². The fraction of sp³-hybridized carbons (Fsp3) is 0.500. The predicted octanol–water partition coefficient (Wildman–Crippen LogP) is 2.80. The van der Waals surface area contributed by atoms with Crippen LogP contribution in [0.4, 0.5) is 5.69 Å². The number of hydrogen-bond acceptors (Lipinski definition) is 6.